The minimum atomic E-state index is 0.123. The van der Waals surface area contributed by atoms with Crippen LogP contribution in [0.5, 0.6) is 5.88 Å². The molecule has 0 atom stereocenters. The minimum Gasteiger partial charge on any atom is -0.493 e. The number of para-hydroxylation sites is 1. The first kappa shape index (κ1) is 16.1. The number of aromatic amines is 1. The van der Waals surface area contributed by atoms with Gasteiger partial charge in [0.1, 0.15) is 5.69 Å². The maximum absolute atomic E-state index is 10.6. The van der Waals surface area contributed by atoms with E-state index in [1.54, 1.807) is 10.8 Å². The van der Waals surface area contributed by atoms with E-state index in [1.807, 2.05) is 54.6 Å². The lowest BCUT2D eigenvalue weighted by Gasteiger charge is -2.05. The van der Waals surface area contributed by atoms with Crippen LogP contribution in [0.3, 0.4) is 0 Å². The van der Waals surface area contributed by atoms with Crippen molar-refractivity contribution in [2.75, 3.05) is 0 Å². The summed E-state index contributed by atoms with van der Waals surface area (Å²) in [5, 5.41) is 10.6. The number of nitrogens with one attached hydrogen (secondary N) is 1. The van der Waals surface area contributed by atoms with E-state index in [0.29, 0.717) is 17.0 Å². The second kappa shape index (κ2) is 6.46. The van der Waals surface area contributed by atoms with Crippen molar-refractivity contribution in [3.63, 3.8) is 0 Å². The summed E-state index contributed by atoms with van der Waals surface area (Å²) in [6.07, 6.45) is 3.67. The van der Waals surface area contributed by atoms with Gasteiger partial charge in [0.05, 0.1) is 12.2 Å². The van der Waals surface area contributed by atoms with Crippen molar-refractivity contribution in [3.05, 3.63) is 74.6 Å². The number of imidazole rings is 1. The number of benzene rings is 2. The predicted molar refractivity (Wildman–Crippen MR) is 107 cm³/mol. The van der Waals surface area contributed by atoms with Gasteiger partial charge in [-0.15, -0.1) is 0 Å². The number of fused-ring (bicyclic) bond motifs is 1. The third-order valence-corrected chi connectivity index (χ3v) is 4.95. The predicted octanol–water partition coefficient (Wildman–Crippen LogP) is 5.32. The maximum atomic E-state index is 10.6. The number of halogens is 1. The van der Waals surface area contributed by atoms with E-state index in [1.165, 1.54) is 0 Å². The Morgan fingerprint density at radius 1 is 1.16 bits per heavy atom. The zero-order valence-corrected chi connectivity index (χ0v) is 15.5. The molecule has 0 spiro atoms. The Balaban J connectivity index is 1.69. The van der Waals surface area contributed by atoms with Crippen LogP contribution in [-0.2, 0) is 6.54 Å². The SMILES string of the molecule is Oc1c(/C=C2\C=Nc3ccccc32)[nH]c(=S)n1Cc1ccc(Br)cc1. The number of aliphatic imine (C=N–C) groups is 1. The molecule has 2 aromatic carbocycles. The van der Waals surface area contributed by atoms with E-state index < -0.39 is 0 Å². The van der Waals surface area contributed by atoms with Crippen LogP contribution >= 0.6 is 28.1 Å². The van der Waals surface area contributed by atoms with Crippen molar-refractivity contribution < 1.29 is 5.11 Å². The Bertz CT molecular complexity index is 1060. The molecular weight excluding hydrogens is 398 g/mol. The molecule has 2 N–H and O–H groups in total. The van der Waals surface area contributed by atoms with Crippen LogP contribution in [0.1, 0.15) is 16.8 Å². The van der Waals surface area contributed by atoms with E-state index in [2.05, 4.69) is 25.9 Å². The van der Waals surface area contributed by atoms with Gasteiger partial charge < -0.3 is 10.1 Å². The Kier molecular flexibility index (Phi) is 4.15. The molecule has 0 bridgehead atoms. The van der Waals surface area contributed by atoms with Crippen LogP contribution in [0, 0.1) is 4.77 Å². The zero-order chi connectivity index (χ0) is 17.4. The van der Waals surface area contributed by atoms with Crippen LogP contribution < -0.4 is 0 Å². The summed E-state index contributed by atoms with van der Waals surface area (Å²) in [6.45, 7) is 0.502. The molecule has 4 nitrogen and oxygen atoms in total. The first-order valence-corrected chi connectivity index (χ1v) is 8.93. The fraction of sp³-hybridized carbons (Fsp3) is 0.0526. The van der Waals surface area contributed by atoms with Crippen LogP contribution in [0.2, 0.25) is 0 Å². The minimum absolute atomic E-state index is 0.123. The molecule has 0 saturated carbocycles. The molecule has 124 valence electrons. The van der Waals surface area contributed by atoms with Crippen molar-refractivity contribution in [2.24, 2.45) is 4.99 Å². The molecule has 0 fully saturated rings. The Morgan fingerprint density at radius 2 is 1.92 bits per heavy atom. The third kappa shape index (κ3) is 3.10. The number of hydrogen-bond donors (Lipinski definition) is 2. The van der Waals surface area contributed by atoms with Gasteiger partial charge >= 0.3 is 0 Å². The van der Waals surface area contributed by atoms with Crippen LogP contribution in [0.4, 0.5) is 5.69 Å². The lowest BCUT2D eigenvalue weighted by molar-refractivity contribution is 0.422. The van der Waals surface area contributed by atoms with Gasteiger partial charge in [0, 0.05) is 21.8 Å². The summed E-state index contributed by atoms with van der Waals surface area (Å²) < 4.78 is 3.18. The lowest BCUT2D eigenvalue weighted by Crippen LogP contribution is -1.99. The molecule has 25 heavy (non-hydrogen) atoms. The molecule has 1 aliphatic rings. The first-order chi connectivity index (χ1) is 12.1. The van der Waals surface area contributed by atoms with E-state index in [9.17, 15) is 5.11 Å². The van der Waals surface area contributed by atoms with Crippen LogP contribution in [-0.4, -0.2) is 20.9 Å². The number of H-pyrrole nitrogens is 1. The summed E-state index contributed by atoms with van der Waals surface area (Å²) in [5.74, 6) is 0.123. The highest BCUT2D eigenvalue weighted by molar-refractivity contribution is 9.10. The Morgan fingerprint density at radius 3 is 2.72 bits per heavy atom. The summed E-state index contributed by atoms with van der Waals surface area (Å²) >= 11 is 8.80. The van der Waals surface area contributed by atoms with Crippen molar-refractivity contribution in [1.82, 2.24) is 9.55 Å². The van der Waals surface area contributed by atoms with Gasteiger partial charge in [-0.2, -0.15) is 0 Å². The van der Waals surface area contributed by atoms with E-state index in [0.717, 1.165) is 26.9 Å². The largest absolute Gasteiger partial charge is 0.493 e. The highest BCUT2D eigenvalue weighted by Crippen LogP contribution is 2.33. The molecule has 0 unspecified atom stereocenters. The van der Waals surface area contributed by atoms with Crippen molar-refractivity contribution in [3.8, 4) is 5.88 Å². The molecular formula is C19H14BrN3OS. The highest BCUT2D eigenvalue weighted by atomic mass is 79.9. The van der Waals surface area contributed by atoms with Crippen LogP contribution in [0.15, 0.2) is 58.0 Å². The normalized spacial score (nSPS) is 14.2. The summed E-state index contributed by atoms with van der Waals surface area (Å²) in [6, 6.07) is 15.8. The molecule has 1 aromatic heterocycles. The van der Waals surface area contributed by atoms with Gasteiger partial charge in [-0.25, -0.2) is 0 Å². The van der Waals surface area contributed by atoms with Crippen molar-refractivity contribution in [1.29, 1.82) is 0 Å². The Hall–Kier alpha value is -2.44. The van der Waals surface area contributed by atoms with Gasteiger partial charge in [-0.3, -0.25) is 9.56 Å². The lowest BCUT2D eigenvalue weighted by atomic mass is 10.1. The second-order valence-corrected chi connectivity index (χ2v) is 7.06. The maximum Gasteiger partial charge on any atom is 0.218 e. The number of hydrogen-bond acceptors (Lipinski definition) is 3. The highest BCUT2D eigenvalue weighted by Gasteiger charge is 2.15. The number of allylic oxidation sites excluding steroid dienone is 1. The fourth-order valence-electron chi connectivity index (χ4n) is 2.81. The number of rotatable bonds is 3. The van der Waals surface area contributed by atoms with Gasteiger partial charge in [0.25, 0.3) is 0 Å². The Labute approximate surface area is 158 Å². The van der Waals surface area contributed by atoms with E-state index in [-0.39, 0.29) is 5.88 Å². The fourth-order valence-corrected chi connectivity index (χ4v) is 3.33. The van der Waals surface area contributed by atoms with Gasteiger partial charge in [-0.1, -0.05) is 46.3 Å². The summed E-state index contributed by atoms with van der Waals surface area (Å²) in [4.78, 5) is 7.47. The summed E-state index contributed by atoms with van der Waals surface area (Å²) in [5.41, 5.74) is 4.56. The molecule has 2 heterocycles. The topological polar surface area (TPSA) is 53.3 Å². The number of aromatic hydroxyl groups is 1. The van der Waals surface area contributed by atoms with Crippen molar-refractivity contribution >= 4 is 51.7 Å². The quantitative estimate of drug-likeness (QED) is 0.573. The van der Waals surface area contributed by atoms with E-state index >= 15 is 0 Å². The molecule has 0 aliphatic carbocycles. The molecule has 0 radical (unpaired) electrons. The average Bonchev–Trinajstić information content (AvgIpc) is 3.14. The van der Waals surface area contributed by atoms with E-state index in [4.69, 9.17) is 12.2 Å². The van der Waals surface area contributed by atoms with Gasteiger partial charge in [0.15, 0.2) is 4.77 Å². The number of nitrogens with zero attached hydrogens (tertiary/aromatic N) is 2. The molecule has 6 heteroatoms. The zero-order valence-electron chi connectivity index (χ0n) is 13.1. The standard InChI is InChI=1S/C19H14BrN3OS/c20-14-7-5-12(6-8-14)11-23-18(24)17(22-19(23)25)9-13-10-21-16-4-2-1-3-15(13)16/h1-10,24H,11H2,(H,22,25)/b13-9+. The van der Waals surface area contributed by atoms with Gasteiger partial charge in [-0.05, 0) is 42.1 Å². The molecule has 0 saturated heterocycles. The smallest absolute Gasteiger partial charge is 0.218 e. The summed E-state index contributed by atoms with van der Waals surface area (Å²) in [7, 11) is 0. The molecule has 3 aromatic rings. The first-order valence-electron chi connectivity index (χ1n) is 7.73. The number of aromatic nitrogens is 2. The van der Waals surface area contributed by atoms with Gasteiger partial charge in [0.2, 0.25) is 5.88 Å². The third-order valence-electron chi connectivity index (χ3n) is 4.09. The van der Waals surface area contributed by atoms with Crippen molar-refractivity contribution in [2.45, 2.75) is 6.54 Å². The second-order valence-electron chi connectivity index (χ2n) is 5.76. The monoisotopic (exact) mass is 411 g/mol. The molecule has 4 rings (SSSR count). The van der Waals surface area contributed by atoms with Crippen LogP contribution in [0.25, 0.3) is 11.6 Å². The average molecular weight is 412 g/mol. The molecule has 1 aliphatic heterocycles. The molecule has 0 amide bonds.